The van der Waals surface area contributed by atoms with E-state index in [-0.39, 0.29) is 11.7 Å². The van der Waals surface area contributed by atoms with Crippen LogP contribution in [0.25, 0.3) is 0 Å². The van der Waals surface area contributed by atoms with E-state index in [1.165, 1.54) is 0 Å². The summed E-state index contributed by atoms with van der Waals surface area (Å²) in [6.07, 6.45) is 0.0498. The molecule has 5 nitrogen and oxygen atoms in total. The molecule has 0 aromatic carbocycles. The molecule has 0 aromatic rings. The number of rotatable bonds is 6. The van der Waals surface area contributed by atoms with Crippen molar-refractivity contribution in [2.24, 2.45) is 5.92 Å². The zero-order chi connectivity index (χ0) is 15.2. The molecule has 112 valence electrons. The van der Waals surface area contributed by atoms with E-state index in [4.69, 9.17) is 4.74 Å². The van der Waals surface area contributed by atoms with Crippen LogP contribution >= 0.6 is 0 Å². The minimum atomic E-state index is -0.558. The third-order valence-corrected chi connectivity index (χ3v) is 2.47. The average Bonchev–Trinajstić information content (AvgIpc) is 2.20. The fourth-order valence-electron chi connectivity index (χ4n) is 1.53. The normalized spacial score (nSPS) is 13.5. The van der Waals surface area contributed by atoms with Crippen LogP contribution in [0.2, 0.25) is 0 Å². The monoisotopic (exact) mass is 272 g/mol. The van der Waals surface area contributed by atoms with Gasteiger partial charge in [0.1, 0.15) is 5.60 Å². The molecule has 0 aliphatic carbocycles. The van der Waals surface area contributed by atoms with Gasteiger partial charge in [0, 0.05) is 5.92 Å². The Bertz CT molecular complexity index is 306. The van der Waals surface area contributed by atoms with Crippen molar-refractivity contribution in [2.45, 2.75) is 52.7 Å². The van der Waals surface area contributed by atoms with Crippen LogP contribution in [-0.2, 0) is 9.53 Å². The van der Waals surface area contributed by atoms with Crippen LogP contribution in [0.1, 0.15) is 41.0 Å². The van der Waals surface area contributed by atoms with E-state index >= 15 is 0 Å². The van der Waals surface area contributed by atoms with Gasteiger partial charge in [-0.05, 0) is 47.8 Å². The quantitative estimate of drug-likeness (QED) is 0.804. The van der Waals surface area contributed by atoms with Crippen molar-refractivity contribution in [3.05, 3.63) is 0 Å². The van der Waals surface area contributed by atoms with Gasteiger partial charge in [-0.25, -0.2) is 4.79 Å². The van der Waals surface area contributed by atoms with E-state index in [1.807, 2.05) is 32.8 Å². The lowest BCUT2D eigenvalue weighted by Gasteiger charge is -2.24. The van der Waals surface area contributed by atoms with Gasteiger partial charge in [0.2, 0.25) is 0 Å². The molecule has 0 spiro atoms. The number of carbonyl (C=O) groups is 2. The van der Waals surface area contributed by atoms with Crippen LogP contribution in [0.15, 0.2) is 0 Å². The Kier molecular flexibility index (Phi) is 7.05. The van der Waals surface area contributed by atoms with E-state index in [0.717, 1.165) is 6.54 Å². The standard InChI is InChI=1S/C14H28N2O3/c1-10(2)12(17)11(8-9-16(6)7)15-13(18)19-14(3,4)5/h10-11H,8-9H2,1-7H3,(H,15,18)/t11-/m0/s1. The van der Waals surface area contributed by atoms with Crippen molar-refractivity contribution in [2.75, 3.05) is 20.6 Å². The maximum atomic E-state index is 12.1. The van der Waals surface area contributed by atoms with Crippen LogP contribution in [0.5, 0.6) is 0 Å². The van der Waals surface area contributed by atoms with E-state index in [1.54, 1.807) is 20.8 Å². The molecule has 0 aromatic heterocycles. The molecular formula is C14H28N2O3. The third kappa shape index (κ3) is 8.59. The maximum Gasteiger partial charge on any atom is 0.408 e. The maximum absolute atomic E-state index is 12.1. The Morgan fingerprint density at radius 2 is 1.74 bits per heavy atom. The molecule has 0 saturated heterocycles. The summed E-state index contributed by atoms with van der Waals surface area (Å²) in [6, 6.07) is -0.489. The average molecular weight is 272 g/mol. The number of hydrogen-bond acceptors (Lipinski definition) is 4. The van der Waals surface area contributed by atoms with Crippen LogP contribution in [0.4, 0.5) is 4.79 Å². The molecule has 0 rings (SSSR count). The van der Waals surface area contributed by atoms with E-state index < -0.39 is 17.7 Å². The van der Waals surface area contributed by atoms with Gasteiger partial charge in [-0.3, -0.25) is 4.79 Å². The first-order chi connectivity index (χ1) is 8.53. The van der Waals surface area contributed by atoms with Crippen molar-refractivity contribution in [1.82, 2.24) is 10.2 Å². The van der Waals surface area contributed by atoms with Crippen LogP contribution in [-0.4, -0.2) is 49.1 Å². The highest BCUT2D eigenvalue weighted by Gasteiger charge is 2.25. The molecule has 19 heavy (non-hydrogen) atoms. The van der Waals surface area contributed by atoms with Gasteiger partial charge < -0.3 is 15.0 Å². The summed E-state index contributed by atoms with van der Waals surface area (Å²) in [5.74, 6) is -0.0743. The predicted octanol–water partition coefficient (Wildman–Crippen LogP) is 2.06. The molecule has 5 heteroatoms. The second kappa shape index (κ2) is 7.48. The Labute approximate surface area is 116 Å². The second-order valence-corrected chi connectivity index (χ2v) is 6.35. The number of ether oxygens (including phenoxy) is 1. The molecule has 0 heterocycles. The lowest BCUT2D eigenvalue weighted by molar-refractivity contribution is -0.124. The third-order valence-electron chi connectivity index (χ3n) is 2.47. The smallest absolute Gasteiger partial charge is 0.408 e. The van der Waals surface area contributed by atoms with E-state index in [0.29, 0.717) is 6.42 Å². The molecule has 0 fully saturated rings. The fraction of sp³-hybridized carbons (Fsp3) is 0.857. The SMILES string of the molecule is CC(C)C(=O)[C@H](CCN(C)C)NC(=O)OC(C)(C)C. The Balaban J connectivity index is 4.58. The molecule has 0 aliphatic rings. The molecule has 0 radical (unpaired) electrons. The van der Waals surface area contributed by atoms with Gasteiger partial charge in [0.25, 0.3) is 0 Å². The minimum absolute atomic E-state index is 0.0349. The summed E-state index contributed by atoms with van der Waals surface area (Å²) >= 11 is 0. The number of hydrogen-bond donors (Lipinski definition) is 1. The number of amides is 1. The van der Waals surface area contributed by atoms with Gasteiger partial charge in [-0.15, -0.1) is 0 Å². The van der Waals surface area contributed by atoms with Crippen molar-refractivity contribution in [3.8, 4) is 0 Å². The molecule has 0 saturated carbocycles. The lowest BCUT2D eigenvalue weighted by Crippen LogP contribution is -2.46. The Morgan fingerprint density at radius 1 is 1.21 bits per heavy atom. The van der Waals surface area contributed by atoms with Crippen molar-refractivity contribution >= 4 is 11.9 Å². The number of nitrogens with one attached hydrogen (secondary N) is 1. The molecule has 1 N–H and O–H groups in total. The van der Waals surface area contributed by atoms with Crippen molar-refractivity contribution < 1.29 is 14.3 Å². The largest absolute Gasteiger partial charge is 0.444 e. The summed E-state index contributed by atoms with van der Waals surface area (Å²) < 4.78 is 5.19. The molecule has 1 atom stereocenters. The highest BCUT2D eigenvalue weighted by molar-refractivity contribution is 5.88. The molecule has 0 aliphatic heterocycles. The zero-order valence-corrected chi connectivity index (χ0v) is 13.2. The van der Waals surface area contributed by atoms with Crippen LogP contribution < -0.4 is 5.32 Å². The Hall–Kier alpha value is -1.10. The zero-order valence-electron chi connectivity index (χ0n) is 13.2. The molecule has 0 unspecified atom stereocenters. The van der Waals surface area contributed by atoms with Crippen molar-refractivity contribution in [3.63, 3.8) is 0 Å². The number of Topliss-reactive ketones (excluding diaryl/α,β-unsaturated/α-hetero) is 1. The van der Waals surface area contributed by atoms with E-state index in [2.05, 4.69) is 5.32 Å². The minimum Gasteiger partial charge on any atom is -0.444 e. The fourth-order valence-corrected chi connectivity index (χ4v) is 1.53. The van der Waals surface area contributed by atoms with Crippen molar-refractivity contribution in [1.29, 1.82) is 0 Å². The summed E-state index contributed by atoms with van der Waals surface area (Å²) in [7, 11) is 3.87. The highest BCUT2D eigenvalue weighted by atomic mass is 16.6. The predicted molar refractivity (Wildman–Crippen MR) is 76.2 cm³/mol. The van der Waals surface area contributed by atoms with Crippen LogP contribution in [0.3, 0.4) is 0 Å². The first-order valence-electron chi connectivity index (χ1n) is 6.71. The molecule has 1 amide bonds. The van der Waals surface area contributed by atoms with E-state index in [9.17, 15) is 9.59 Å². The number of alkyl carbamates (subject to hydrolysis) is 1. The van der Waals surface area contributed by atoms with Gasteiger partial charge >= 0.3 is 6.09 Å². The van der Waals surface area contributed by atoms with Gasteiger partial charge in [0.05, 0.1) is 6.04 Å². The van der Waals surface area contributed by atoms with Gasteiger partial charge in [-0.1, -0.05) is 13.8 Å². The topological polar surface area (TPSA) is 58.6 Å². The second-order valence-electron chi connectivity index (χ2n) is 6.35. The number of ketones is 1. The lowest BCUT2D eigenvalue weighted by atomic mass is 9.99. The van der Waals surface area contributed by atoms with Gasteiger partial charge in [-0.2, -0.15) is 0 Å². The highest BCUT2D eigenvalue weighted by Crippen LogP contribution is 2.09. The first kappa shape index (κ1) is 17.9. The number of nitrogens with zero attached hydrogens (tertiary/aromatic N) is 1. The molecular weight excluding hydrogens is 244 g/mol. The molecule has 0 bridgehead atoms. The Morgan fingerprint density at radius 3 is 2.11 bits per heavy atom. The van der Waals surface area contributed by atoms with Gasteiger partial charge in [0.15, 0.2) is 5.78 Å². The van der Waals surface area contributed by atoms with Crippen LogP contribution in [0, 0.1) is 5.92 Å². The summed E-state index contributed by atoms with van der Waals surface area (Å²) in [4.78, 5) is 25.8. The first-order valence-corrected chi connectivity index (χ1v) is 6.71. The summed E-state index contributed by atoms with van der Waals surface area (Å²) in [5, 5.41) is 2.67. The summed E-state index contributed by atoms with van der Waals surface area (Å²) in [5.41, 5.74) is -0.558. The number of carbonyl (C=O) groups excluding carboxylic acids is 2. The summed E-state index contributed by atoms with van der Waals surface area (Å²) in [6.45, 7) is 9.80.